The zero-order valence-corrected chi connectivity index (χ0v) is 11.9. The molecule has 1 aromatic rings. The normalized spacial score (nSPS) is 22.1. The van der Waals surface area contributed by atoms with Gasteiger partial charge < -0.3 is 15.4 Å². The van der Waals surface area contributed by atoms with Crippen LogP contribution in [-0.2, 0) is 4.79 Å². The summed E-state index contributed by atoms with van der Waals surface area (Å²) >= 11 is 0. The Hall–Kier alpha value is -1.81. The average molecular weight is 274 g/mol. The highest BCUT2D eigenvalue weighted by atomic mass is 16.5. The van der Waals surface area contributed by atoms with Gasteiger partial charge in [0.1, 0.15) is 12.4 Å². The van der Waals surface area contributed by atoms with Gasteiger partial charge in [0.15, 0.2) is 0 Å². The van der Waals surface area contributed by atoms with Crippen LogP contribution in [0.2, 0.25) is 0 Å². The van der Waals surface area contributed by atoms with E-state index in [1.54, 1.807) is 6.08 Å². The lowest BCUT2D eigenvalue weighted by Gasteiger charge is -2.27. The zero-order valence-electron chi connectivity index (χ0n) is 11.9. The van der Waals surface area contributed by atoms with E-state index in [9.17, 15) is 4.79 Å². The molecule has 0 spiro atoms. The van der Waals surface area contributed by atoms with Crippen molar-refractivity contribution in [2.75, 3.05) is 18.5 Å². The van der Waals surface area contributed by atoms with Crippen LogP contribution < -0.4 is 15.4 Å². The van der Waals surface area contributed by atoms with Crippen LogP contribution in [0.15, 0.2) is 36.9 Å². The molecule has 2 rings (SSSR count). The molecule has 1 heterocycles. The zero-order chi connectivity index (χ0) is 14.4. The summed E-state index contributed by atoms with van der Waals surface area (Å²) in [6.45, 7) is 7.09. The fourth-order valence-electron chi connectivity index (χ4n) is 2.43. The molecule has 0 bridgehead atoms. The Morgan fingerprint density at radius 3 is 3.20 bits per heavy atom. The lowest BCUT2D eigenvalue weighted by Crippen LogP contribution is -2.40. The van der Waals surface area contributed by atoms with Crippen molar-refractivity contribution in [3.05, 3.63) is 36.9 Å². The highest BCUT2D eigenvalue weighted by Gasteiger charge is 2.24. The molecule has 1 fully saturated rings. The number of anilines is 1. The lowest BCUT2D eigenvalue weighted by molar-refractivity contribution is -0.120. The fraction of sp³-hybridized carbons (Fsp3) is 0.438. The molecule has 2 N–H and O–H groups in total. The average Bonchev–Trinajstić information content (AvgIpc) is 2.45. The van der Waals surface area contributed by atoms with Crippen LogP contribution in [0.5, 0.6) is 5.75 Å². The Kier molecular flexibility index (Phi) is 5.18. The molecule has 1 saturated heterocycles. The SMILES string of the molecule is C=CCOc1cccc(NC(=O)[C@H]2CCN[C@@H](C)C2)c1. The molecule has 0 aromatic heterocycles. The summed E-state index contributed by atoms with van der Waals surface area (Å²) in [5, 5.41) is 6.33. The van der Waals surface area contributed by atoms with E-state index in [0.29, 0.717) is 12.6 Å². The van der Waals surface area contributed by atoms with E-state index >= 15 is 0 Å². The van der Waals surface area contributed by atoms with Crippen LogP contribution in [0, 0.1) is 5.92 Å². The van der Waals surface area contributed by atoms with Gasteiger partial charge in [-0.3, -0.25) is 4.79 Å². The van der Waals surface area contributed by atoms with Gasteiger partial charge in [0, 0.05) is 23.7 Å². The maximum absolute atomic E-state index is 12.2. The van der Waals surface area contributed by atoms with E-state index in [1.807, 2.05) is 24.3 Å². The van der Waals surface area contributed by atoms with Gasteiger partial charge >= 0.3 is 0 Å². The largest absolute Gasteiger partial charge is 0.489 e. The quantitative estimate of drug-likeness (QED) is 0.811. The molecule has 1 aromatic carbocycles. The van der Waals surface area contributed by atoms with Crippen LogP contribution in [0.3, 0.4) is 0 Å². The van der Waals surface area contributed by atoms with Gasteiger partial charge in [-0.1, -0.05) is 18.7 Å². The fourth-order valence-corrected chi connectivity index (χ4v) is 2.43. The molecule has 0 radical (unpaired) electrons. The molecule has 108 valence electrons. The monoisotopic (exact) mass is 274 g/mol. The highest BCUT2D eigenvalue weighted by molar-refractivity contribution is 5.92. The van der Waals surface area contributed by atoms with Crippen molar-refractivity contribution in [1.29, 1.82) is 0 Å². The Morgan fingerprint density at radius 1 is 1.60 bits per heavy atom. The summed E-state index contributed by atoms with van der Waals surface area (Å²) in [5.41, 5.74) is 0.780. The third kappa shape index (κ3) is 4.10. The van der Waals surface area contributed by atoms with Gasteiger partial charge in [-0.15, -0.1) is 0 Å². The first-order valence-electron chi connectivity index (χ1n) is 7.07. The molecule has 1 aliphatic rings. The minimum Gasteiger partial charge on any atom is -0.489 e. The topological polar surface area (TPSA) is 50.4 Å². The smallest absolute Gasteiger partial charge is 0.227 e. The Morgan fingerprint density at radius 2 is 2.45 bits per heavy atom. The van der Waals surface area contributed by atoms with Crippen LogP contribution in [0.1, 0.15) is 19.8 Å². The summed E-state index contributed by atoms with van der Waals surface area (Å²) in [6.07, 6.45) is 3.48. The van der Waals surface area contributed by atoms with E-state index in [0.717, 1.165) is 30.8 Å². The molecule has 20 heavy (non-hydrogen) atoms. The first kappa shape index (κ1) is 14.6. The number of ether oxygens (including phenoxy) is 1. The van der Waals surface area contributed by atoms with E-state index in [1.165, 1.54) is 0 Å². The number of amides is 1. The van der Waals surface area contributed by atoms with Crippen LogP contribution in [0.25, 0.3) is 0 Å². The number of hydrogen-bond acceptors (Lipinski definition) is 3. The molecule has 0 aliphatic carbocycles. The van der Waals surface area contributed by atoms with Gasteiger partial charge in [-0.05, 0) is 38.4 Å². The lowest BCUT2D eigenvalue weighted by atomic mass is 9.92. The minimum atomic E-state index is 0.0870. The van der Waals surface area contributed by atoms with Crippen LogP contribution in [0.4, 0.5) is 5.69 Å². The predicted octanol–water partition coefficient (Wildman–Crippen LogP) is 2.58. The Labute approximate surface area is 120 Å². The molecule has 1 aliphatic heterocycles. The Bertz CT molecular complexity index is 473. The first-order valence-corrected chi connectivity index (χ1v) is 7.07. The van der Waals surface area contributed by atoms with Crippen molar-refractivity contribution in [2.24, 2.45) is 5.92 Å². The molecular formula is C16H22N2O2. The summed E-state index contributed by atoms with van der Waals surface area (Å²) < 4.78 is 5.46. The maximum Gasteiger partial charge on any atom is 0.227 e. The number of hydrogen-bond donors (Lipinski definition) is 2. The second kappa shape index (κ2) is 7.10. The first-order chi connectivity index (χ1) is 9.69. The molecule has 2 atom stereocenters. The number of piperidine rings is 1. The summed E-state index contributed by atoms with van der Waals surface area (Å²) in [6, 6.07) is 7.86. The van der Waals surface area contributed by atoms with Crippen LogP contribution >= 0.6 is 0 Å². The van der Waals surface area contributed by atoms with E-state index in [4.69, 9.17) is 4.74 Å². The van der Waals surface area contributed by atoms with Gasteiger partial charge in [0.25, 0.3) is 0 Å². The summed E-state index contributed by atoms with van der Waals surface area (Å²) in [7, 11) is 0. The second-order valence-corrected chi connectivity index (χ2v) is 5.19. The van der Waals surface area contributed by atoms with Crippen molar-refractivity contribution in [3.63, 3.8) is 0 Å². The minimum absolute atomic E-state index is 0.0870. The highest BCUT2D eigenvalue weighted by Crippen LogP contribution is 2.21. The third-order valence-corrected chi connectivity index (χ3v) is 3.46. The molecular weight excluding hydrogens is 252 g/mol. The van der Waals surface area contributed by atoms with Gasteiger partial charge in [0.05, 0.1) is 0 Å². The molecule has 4 heteroatoms. The van der Waals surface area contributed by atoms with E-state index < -0.39 is 0 Å². The standard InChI is InChI=1S/C16H22N2O2/c1-3-9-20-15-6-4-5-14(11-15)18-16(19)13-7-8-17-12(2)10-13/h3-6,11-13,17H,1,7-10H2,2H3,(H,18,19)/t12-,13-/m0/s1. The second-order valence-electron chi connectivity index (χ2n) is 5.19. The summed E-state index contributed by atoms with van der Waals surface area (Å²) in [5.74, 6) is 0.921. The molecule has 4 nitrogen and oxygen atoms in total. The number of rotatable bonds is 5. The number of nitrogens with one attached hydrogen (secondary N) is 2. The number of carbonyl (C=O) groups is 1. The molecule has 0 saturated carbocycles. The van der Waals surface area contributed by atoms with Crippen molar-refractivity contribution >= 4 is 11.6 Å². The molecule has 0 unspecified atom stereocenters. The maximum atomic E-state index is 12.2. The van der Waals surface area contributed by atoms with Crippen LogP contribution in [-0.4, -0.2) is 25.1 Å². The van der Waals surface area contributed by atoms with Crippen molar-refractivity contribution in [1.82, 2.24) is 5.32 Å². The van der Waals surface area contributed by atoms with Crippen molar-refractivity contribution in [3.8, 4) is 5.75 Å². The number of benzene rings is 1. The van der Waals surface area contributed by atoms with Crippen molar-refractivity contribution < 1.29 is 9.53 Å². The third-order valence-electron chi connectivity index (χ3n) is 3.46. The number of carbonyl (C=O) groups excluding carboxylic acids is 1. The van der Waals surface area contributed by atoms with Crippen molar-refractivity contribution in [2.45, 2.75) is 25.8 Å². The van der Waals surface area contributed by atoms with Gasteiger partial charge in [-0.25, -0.2) is 0 Å². The van der Waals surface area contributed by atoms with Gasteiger partial charge in [-0.2, -0.15) is 0 Å². The summed E-state index contributed by atoms with van der Waals surface area (Å²) in [4.78, 5) is 12.2. The van der Waals surface area contributed by atoms with Gasteiger partial charge in [0.2, 0.25) is 5.91 Å². The van der Waals surface area contributed by atoms with E-state index in [-0.39, 0.29) is 11.8 Å². The van der Waals surface area contributed by atoms with E-state index in [2.05, 4.69) is 24.1 Å². The predicted molar refractivity (Wildman–Crippen MR) is 81.0 cm³/mol. The Balaban J connectivity index is 1.94. The molecule has 1 amide bonds.